The average molecular weight is 264 g/mol. The molecule has 0 radical (unpaired) electrons. The van der Waals surface area contributed by atoms with Gasteiger partial charge in [0, 0.05) is 19.2 Å². The van der Waals surface area contributed by atoms with Crippen LogP contribution in [0, 0.1) is 0 Å². The molecule has 5 nitrogen and oxygen atoms in total. The van der Waals surface area contributed by atoms with E-state index in [1.165, 1.54) is 6.20 Å². The molecule has 0 spiro atoms. The molecule has 0 amide bonds. The minimum Gasteiger partial charge on any atom is -0.478 e. The van der Waals surface area contributed by atoms with Crippen LogP contribution >= 0.6 is 0 Å². The standard InChI is InChI=1S/C14H20N2O3/c1-4-14(5-2,19-3)13-15-8-10(12(17)18)11(16-13)9-6-7-9/h8-9H,4-7H2,1-3H3,(H,17,18). The summed E-state index contributed by atoms with van der Waals surface area (Å²) < 4.78 is 5.61. The zero-order chi connectivity index (χ0) is 14.0. The molecule has 104 valence electrons. The van der Waals surface area contributed by atoms with Gasteiger partial charge in [-0.25, -0.2) is 14.8 Å². The molecule has 2 rings (SSSR count). The molecule has 1 heterocycles. The highest BCUT2D eigenvalue weighted by atomic mass is 16.5. The lowest BCUT2D eigenvalue weighted by molar-refractivity contribution is -0.0293. The van der Waals surface area contributed by atoms with Crippen molar-refractivity contribution in [3.05, 3.63) is 23.3 Å². The van der Waals surface area contributed by atoms with E-state index in [2.05, 4.69) is 9.97 Å². The van der Waals surface area contributed by atoms with Gasteiger partial charge in [-0.2, -0.15) is 0 Å². The van der Waals surface area contributed by atoms with Gasteiger partial charge in [0.1, 0.15) is 5.60 Å². The highest BCUT2D eigenvalue weighted by Gasteiger charge is 2.35. The maximum absolute atomic E-state index is 11.2. The van der Waals surface area contributed by atoms with Gasteiger partial charge >= 0.3 is 5.97 Å². The van der Waals surface area contributed by atoms with Crippen LogP contribution in [-0.2, 0) is 10.3 Å². The number of rotatable bonds is 6. The molecule has 0 aromatic carbocycles. The first-order chi connectivity index (χ1) is 9.07. The van der Waals surface area contributed by atoms with Crippen molar-refractivity contribution in [2.24, 2.45) is 0 Å². The van der Waals surface area contributed by atoms with Gasteiger partial charge in [0.15, 0.2) is 5.82 Å². The van der Waals surface area contributed by atoms with Crippen molar-refractivity contribution in [2.45, 2.75) is 51.0 Å². The molecular formula is C14H20N2O3. The predicted molar refractivity (Wildman–Crippen MR) is 70.2 cm³/mol. The van der Waals surface area contributed by atoms with E-state index in [0.29, 0.717) is 11.5 Å². The number of methoxy groups -OCH3 is 1. The van der Waals surface area contributed by atoms with Gasteiger partial charge < -0.3 is 9.84 Å². The number of carboxylic acid groups (broad SMARTS) is 1. The van der Waals surface area contributed by atoms with Crippen LogP contribution in [-0.4, -0.2) is 28.2 Å². The topological polar surface area (TPSA) is 72.3 Å². The minimum atomic E-state index is -0.954. The van der Waals surface area contributed by atoms with Crippen molar-refractivity contribution in [3.63, 3.8) is 0 Å². The third-order valence-electron chi connectivity index (χ3n) is 3.95. The molecule has 1 fully saturated rings. The van der Waals surface area contributed by atoms with Crippen LogP contribution < -0.4 is 0 Å². The molecule has 1 aliphatic rings. The van der Waals surface area contributed by atoms with E-state index < -0.39 is 11.6 Å². The van der Waals surface area contributed by atoms with Crippen LogP contribution in [0.25, 0.3) is 0 Å². The summed E-state index contributed by atoms with van der Waals surface area (Å²) in [6, 6.07) is 0. The van der Waals surface area contributed by atoms with Gasteiger partial charge in [0.2, 0.25) is 0 Å². The zero-order valence-corrected chi connectivity index (χ0v) is 11.6. The number of carboxylic acids is 1. The summed E-state index contributed by atoms with van der Waals surface area (Å²) in [7, 11) is 1.65. The molecule has 0 bridgehead atoms. The van der Waals surface area contributed by atoms with Crippen LogP contribution in [0.1, 0.15) is 67.3 Å². The number of aromatic carboxylic acids is 1. The number of aromatic nitrogens is 2. The Morgan fingerprint density at radius 1 is 1.47 bits per heavy atom. The Balaban J connectivity index is 2.48. The molecule has 0 aliphatic heterocycles. The van der Waals surface area contributed by atoms with Crippen molar-refractivity contribution in [3.8, 4) is 0 Å². The first-order valence-corrected chi connectivity index (χ1v) is 6.73. The zero-order valence-electron chi connectivity index (χ0n) is 11.6. The van der Waals surface area contributed by atoms with Gasteiger partial charge in [0.25, 0.3) is 0 Å². The van der Waals surface area contributed by atoms with Crippen molar-refractivity contribution in [1.29, 1.82) is 0 Å². The van der Waals surface area contributed by atoms with Crippen molar-refractivity contribution >= 4 is 5.97 Å². The smallest absolute Gasteiger partial charge is 0.339 e. The Bertz CT molecular complexity index is 471. The summed E-state index contributed by atoms with van der Waals surface area (Å²) >= 11 is 0. The monoisotopic (exact) mass is 264 g/mol. The van der Waals surface area contributed by atoms with Gasteiger partial charge in [-0.05, 0) is 25.7 Å². The largest absolute Gasteiger partial charge is 0.478 e. The summed E-state index contributed by atoms with van der Waals surface area (Å²) in [5.41, 5.74) is 0.380. The third kappa shape index (κ3) is 2.47. The van der Waals surface area contributed by atoms with Crippen molar-refractivity contribution < 1.29 is 14.6 Å². The van der Waals surface area contributed by atoms with E-state index in [0.717, 1.165) is 25.7 Å². The third-order valence-corrected chi connectivity index (χ3v) is 3.95. The maximum Gasteiger partial charge on any atom is 0.339 e. The Morgan fingerprint density at radius 3 is 2.53 bits per heavy atom. The molecule has 19 heavy (non-hydrogen) atoms. The number of nitrogens with zero attached hydrogens (tertiary/aromatic N) is 2. The van der Waals surface area contributed by atoms with Crippen LogP contribution in [0.2, 0.25) is 0 Å². The van der Waals surface area contributed by atoms with Crippen molar-refractivity contribution in [1.82, 2.24) is 9.97 Å². The van der Waals surface area contributed by atoms with E-state index >= 15 is 0 Å². The summed E-state index contributed by atoms with van der Waals surface area (Å²) in [4.78, 5) is 20.0. The second-order valence-electron chi connectivity index (χ2n) is 4.98. The molecule has 0 unspecified atom stereocenters. The fraction of sp³-hybridized carbons (Fsp3) is 0.643. The predicted octanol–water partition coefficient (Wildman–Crippen LogP) is 2.71. The molecule has 1 aromatic heterocycles. The van der Waals surface area contributed by atoms with Gasteiger partial charge in [-0.1, -0.05) is 13.8 Å². The van der Waals surface area contributed by atoms with Crippen LogP contribution in [0.3, 0.4) is 0 Å². The molecule has 0 atom stereocenters. The van der Waals surface area contributed by atoms with E-state index in [4.69, 9.17) is 4.74 Å². The van der Waals surface area contributed by atoms with Gasteiger partial charge in [-0.3, -0.25) is 0 Å². The van der Waals surface area contributed by atoms with Crippen LogP contribution in [0.15, 0.2) is 6.20 Å². The summed E-state index contributed by atoms with van der Waals surface area (Å²) in [6.45, 7) is 4.05. The van der Waals surface area contributed by atoms with Gasteiger partial charge in [0.05, 0.1) is 11.3 Å². The number of hydrogen-bond acceptors (Lipinski definition) is 4. The van der Waals surface area contributed by atoms with Gasteiger partial charge in [-0.15, -0.1) is 0 Å². The molecule has 1 saturated carbocycles. The molecule has 1 aromatic rings. The summed E-state index contributed by atoms with van der Waals surface area (Å²) in [6.07, 6.45) is 4.97. The van der Waals surface area contributed by atoms with E-state index in [1.54, 1.807) is 7.11 Å². The Kier molecular flexibility index (Phi) is 3.85. The second kappa shape index (κ2) is 5.25. The fourth-order valence-corrected chi connectivity index (χ4v) is 2.39. The Labute approximate surface area is 113 Å². The normalized spacial score (nSPS) is 15.5. The second-order valence-corrected chi connectivity index (χ2v) is 4.98. The minimum absolute atomic E-state index is 0.225. The first-order valence-electron chi connectivity index (χ1n) is 6.73. The Hall–Kier alpha value is -1.49. The van der Waals surface area contributed by atoms with Crippen LogP contribution in [0.5, 0.6) is 0 Å². The molecule has 1 aliphatic carbocycles. The Morgan fingerprint density at radius 2 is 2.11 bits per heavy atom. The van der Waals surface area contributed by atoms with E-state index in [1.807, 2.05) is 13.8 Å². The number of ether oxygens (including phenoxy) is 1. The lowest BCUT2D eigenvalue weighted by Crippen LogP contribution is -2.30. The van der Waals surface area contributed by atoms with E-state index in [9.17, 15) is 9.90 Å². The lowest BCUT2D eigenvalue weighted by atomic mass is 9.95. The average Bonchev–Trinajstić information content (AvgIpc) is 3.25. The fourth-order valence-electron chi connectivity index (χ4n) is 2.39. The molecular weight excluding hydrogens is 244 g/mol. The molecule has 5 heteroatoms. The lowest BCUT2D eigenvalue weighted by Gasteiger charge is -2.28. The number of carbonyl (C=O) groups is 1. The summed E-state index contributed by atoms with van der Waals surface area (Å²) in [5.74, 6) is -0.0764. The highest BCUT2D eigenvalue weighted by Crippen LogP contribution is 2.41. The summed E-state index contributed by atoms with van der Waals surface area (Å²) in [5, 5.41) is 9.20. The SMILES string of the molecule is CCC(CC)(OC)c1ncc(C(=O)O)c(C2CC2)n1. The molecule has 1 N–H and O–H groups in total. The highest BCUT2D eigenvalue weighted by molar-refractivity contribution is 5.88. The maximum atomic E-state index is 11.2. The number of hydrogen-bond donors (Lipinski definition) is 1. The van der Waals surface area contributed by atoms with E-state index in [-0.39, 0.29) is 11.5 Å². The van der Waals surface area contributed by atoms with Crippen molar-refractivity contribution in [2.75, 3.05) is 7.11 Å². The molecule has 0 saturated heterocycles. The quantitative estimate of drug-likeness (QED) is 0.855. The van der Waals surface area contributed by atoms with Crippen LogP contribution in [0.4, 0.5) is 0 Å². The first kappa shape index (κ1) is 13.9.